The fraction of sp³-hybridized carbons (Fsp3) is 0.286. The van der Waals surface area contributed by atoms with Crippen LogP contribution < -0.4 is 14.8 Å². The van der Waals surface area contributed by atoms with Crippen LogP contribution in [0.1, 0.15) is 5.69 Å². The predicted octanol–water partition coefficient (Wildman–Crippen LogP) is 1.60. The van der Waals surface area contributed by atoms with Gasteiger partial charge in [-0.15, -0.1) is 0 Å². The Kier molecular flexibility index (Phi) is 3.28. The molecule has 0 unspecified atom stereocenters. The van der Waals surface area contributed by atoms with Gasteiger partial charge in [0, 0.05) is 23.6 Å². The molecule has 0 fully saturated rings. The quantitative estimate of drug-likeness (QED) is 0.922. The Labute approximate surface area is 116 Å². The average molecular weight is 273 g/mol. The van der Waals surface area contributed by atoms with Crippen molar-refractivity contribution in [2.75, 3.05) is 18.5 Å². The van der Waals surface area contributed by atoms with Gasteiger partial charge in [-0.3, -0.25) is 9.48 Å². The molecule has 2 aromatic rings. The first kappa shape index (κ1) is 12.5. The maximum Gasteiger partial charge on any atom is 0.246 e. The number of anilines is 1. The van der Waals surface area contributed by atoms with Crippen molar-refractivity contribution in [3.05, 3.63) is 36.2 Å². The van der Waals surface area contributed by atoms with Gasteiger partial charge >= 0.3 is 0 Å². The Balaban J connectivity index is 1.68. The second-order valence-electron chi connectivity index (χ2n) is 4.54. The van der Waals surface area contributed by atoms with Crippen molar-refractivity contribution in [1.29, 1.82) is 0 Å². The lowest BCUT2D eigenvalue weighted by atomic mass is 10.2. The van der Waals surface area contributed by atoms with E-state index in [1.54, 1.807) is 29.1 Å². The number of nitrogens with one attached hydrogen (secondary N) is 1. The molecule has 0 radical (unpaired) electrons. The minimum atomic E-state index is -0.131. The number of rotatable bonds is 3. The molecule has 2 heterocycles. The molecule has 1 aromatic heterocycles. The largest absolute Gasteiger partial charge is 0.486 e. The van der Waals surface area contributed by atoms with Crippen LogP contribution >= 0.6 is 0 Å². The number of carbonyl (C=O) groups is 1. The number of hydrogen-bond acceptors (Lipinski definition) is 4. The number of ether oxygens (including phenoxy) is 2. The highest BCUT2D eigenvalue weighted by atomic mass is 16.6. The molecule has 104 valence electrons. The van der Waals surface area contributed by atoms with E-state index in [9.17, 15) is 4.79 Å². The number of fused-ring (bicyclic) bond motifs is 1. The number of hydrogen-bond donors (Lipinski definition) is 1. The molecule has 1 aromatic carbocycles. The van der Waals surface area contributed by atoms with Gasteiger partial charge in [-0.2, -0.15) is 5.10 Å². The molecule has 6 nitrogen and oxygen atoms in total. The van der Waals surface area contributed by atoms with Crippen LogP contribution in [0.15, 0.2) is 30.5 Å². The van der Waals surface area contributed by atoms with Crippen molar-refractivity contribution in [3.8, 4) is 11.5 Å². The van der Waals surface area contributed by atoms with Crippen molar-refractivity contribution < 1.29 is 14.3 Å². The third-order valence-electron chi connectivity index (χ3n) is 3.05. The second kappa shape index (κ2) is 5.24. The maximum atomic E-state index is 12.0. The van der Waals surface area contributed by atoms with E-state index in [1.807, 2.05) is 13.0 Å². The first-order valence-electron chi connectivity index (χ1n) is 6.40. The zero-order valence-electron chi connectivity index (χ0n) is 11.1. The molecule has 0 saturated heterocycles. The van der Waals surface area contributed by atoms with Crippen LogP contribution in [-0.2, 0) is 11.3 Å². The van der Waals surface area contributed by atoms with Gasteiger partial charge in [0.15, 0.2) is 11.5 Å². The number of nitrogens with zero attached hydrogens (tertiary/aromatic N) is 2. The fourth-order valence-corrected chi connectivity index (χ4v) is 2.02. The van der Waals surface area contributed by atoms with Crippen molar-refractivity contribution in [2.24, 2.45) is 0 Å². The van der Waals surface area contributed by atoms with Gasteiger partial charge in [0.2, 0.25) is 5.91 Å². The van der Waals surface area contributed by atoms with E-state index >= 15 is 0 Å². The molecular formula is C14H15N3O3. The first-order chi connectivity index (χ1) is 9.72. The van der Waals surface area contributed by atoms with Gasteiger partial charge in [0.05, 0.1) is 0 Å². The molecule has 20 heavy (non-hydrogen) atoms. The molecule has 1 N–H and O–H groups in total. The predicted molar refractivity (Wildman–Crippen MR) is 73.0 cm³/mol. The van der Waals surface area contributed by atoms with Crippen LogP contribution in [0.2, 0.25) is 0 Å². The molecule has 0 aliphatic carbocycles. The maximum absolute atomic E-state index is 12.0. The Morgan fingerprint density at radius 2 is 2.10 bits per heavy atom. The van der Waals surface area contributed by atoms with Crippen LogP contribution in [0.3, 0.4) is 0 Å². The second-order valence-corrected chi connectivity index (χ2v) is 4.54. The summed E-state index contributed by atoms with van der Waals surface area (Å²) in [7, 11) is 0. The lowest BCUT2D eigenvalue weighted by Gasteiger charge is -2.19. The van der Waals surface area contributed by atoms with Gasteiger partial charge in [-0.25, -0.2) is 0 Å². The summed E-state index contributed by atoms with van der Waals surface area (Å²) in [6, 6.07) is 7.21. The normalized spacial score (nSPS) is 13.1. The summed E-state index contributed by atoms with van der Waals surface area (Å²) < 4.78 is 12.6. The number of carbonyl (C=O) groups excluding carboxylic acids is 1. The monoisotopic (exact) mass is 273 g/mol. The number of aromatic nitrogens is 2. The minimum Gasteiger partial charge on any atom is -0.486 e. The van der Waals surface area contributed by atoms with Crippen LogP contribution in [0.5, 0.6) is 11.5 Å². The van der Waals surface area contributed by atoms with E-state index in [0.29, 0.717) is 30.4 Å². The van der Waals surface area contributed by atoms with Crippen LogP contribution in [-0.4, -0.2) is 28.9 Å². The van der Waals surface area contributed by atoms with E-state index in [0.717, 1.165) is 5.69 Å². The molecule has 0 spiro atoms. The summed E-state index contributed by atoms with van der Waals surface area (Å²) in [6.07, 6.45) is 1.67. The smallest absolute Gasteiger partial charge is 0.246 e. The lowest BCUT2D eigenvalue weighted by molar-refractivity contribution is -0.116. The third-order valence-corrected chi connectivity index (χ3v) is 3.05. The third kappa shape index (κ3) is 2.59. The highest BCUT2D eigenvalue weighted by Gasteiger charge is 2.13. The Hall–Kier alpha value is -2.50. The minimum absolute atomic E-state index is 0.131. The summed E-state index contributed by atoms with van der Waals surface area (Å²) in [5, 5.41) is 6.90. The summed E-state index contributed by atoms with van der Waals surface area (Å²) in [6.45, 7) is 3.17. The van der Waals surface area contributed by atoms with E-state index in [2.05, 4.69) is 10.4 Å². The molecule has 6 heteroatoms. The lowest BCUT2D eigenvalue weighted by Crippen LogP contribution is -2.20. The van der Waals surface area contributed by atoms with E-state index in [-0.39, 0.29) is 12.5 Å². The van der Waals surface area contributed by atoms with Gasteiger partial charge < -0.3 is 14.8 Å². The Bertz CT molecular complexity index is 636. The van der Waals surface area contributed by atoms with Crippen LogP contribution in [0.25, 0.3) is 0 Å². The highest BCUT2D eigenvalue weighted by molar-refractivity contribution is 5.90. The Morgan fingerprint density at radius 3 is 2.85 bits per heavy atom. The summed E-state index contributed by atoms with van der Waals surface area (Å²) in [5.74, 6) is 1.23. The zero-order chi connectivity index (χ0) is 13.9. The summed E-state index contributed by atoms with van der Waals surface area (Å²) in [5.41, 5.74) is 1.63. The zero-order valence-corrected chi connectivity index (χ0v) is 11.1. The van der Waals surface area contributed by atoms with Crippen molar-refractivity contribution in [2.45, 2.75) is 13.5 Å². The summed E-state index contributed by atoms with van der Waals surface area (Å²) >= 11 is 0. The number of amides is 1. The highest BCUT2D eigenvalue weighted by Crippen LogP contribution is 2.32. The van der Waals surface area contributed by atoms with E-state index in [4.69, 9.17) is 9.47 Å². The number of benzene rings is 1. The molecule has 1 aliphatic heterocycles. The molecule has 1 aliphatic rings. The molecular weight excluding hydrogens is 258 g/mol. The van der Waals surface area contributed by atoms with Gasteiger partial charge in [0.25, 0.3) is 0 Å². The van der Waals surface area contributed by atoms with Crippen LogP contribution in [0.4, 0.5) is 5.69 Å². The number of aryl methyl sites for hydroxylation is 1. The average Bonchev–Trinajstić information content (AvgIpc) is 2.84. The van der Waals surface area contributed by atoms with Gasteiger partial charge in [0.1, 0.15) is 19.8 Å². The van der Waals surface area contributed by atoms with Crippen molar-refractivity contribution in [1.82, 2.24) is 9.78 Å². The Morgan fingerprint density at radius 1 is 1.30 bits per heavy atom. The van der Waals surface area contributed by atoms with E-state index in [1.165, 1.54) is 0 Å². The molecule has 0 bridgehead atoms. The molecule has 0 atom stereocenters. The molecule has 3 rings (SSSR count). The van der Waals surface area contributed by atoms with Crippen molar-refractivity contribution >= 4 is 11.6 Å². The van der Waals surface area contributed by atoms with Gasteiger partial charge in [-0.05, 0) is 25.1 Å². The first-order valence-corrected chi connectivity index (χ1v) is 6.40. The van der Waals surface area contributed by atoms with Crippen molar-refractivity contribution in [3.63, 3.8) is 0 Å². The fourth-order valence-electron chi connectivity index (χ4n) is 2.02. The SMILES string of the molecule is Cc1ccnn1CC(=O)Nc1ccc2c(c1)OCCO2. The van der Waals surface area contributed by atoms with E-state index < -0.39 is 0 Å². The van der Waals surface area contributed by atoms with Gasteiger partial charge in [-0.1, -0.05) is 0 Å². The van der Waals surface area contributed by atoms with Crippen LogP contribution in [0, 0.1) is 6.92 Å². The topological polar surface area (TPSA) is 65.4 Å². The molecule has 0 saturated carbocycles. The molecule has 1 amide bonds. The summed E-state index contributed by atoms with van der Waals surface area (Å²) in [4.78, 5) is 12.0. The standard InChI is InChI=1S/C14H15N3O3/c1-10-4-5-15-17(10)9-14(18)16-11-2-3-12-13(8-11)20-7-6-19-12/h2-5,8H,6-7,9H2,1H3,(H,16,18).